The van der Waals surface area contributed by atoms with Crippen LogP contribution in [-0.2, 0) is 9.53 Å². The molecule has 1 saturated heterocycles. The van der Waals surface area contributed by atoms with Crippen LogP contribution in [0.3, 0.4) is 0 Å². The first-order chi connectivity index (χ1) is 7.77. The van der Waals surface area contributed by atoms with Crippen molar-refractivity contribution in [2.24, 2.45) is 5.92 Å². The lowest BCUT2D eigenvalue weighted by Crippen LogP contribution is -2.50. The molecule has 0 spiro atoms. The fourth-order valence-electron chi connectivity index (χ4n) is 1.98. The zero-order valence-corrected chi connectivity index (χ0v) is 10.6. The molecule has 0 radical (unpaired) electrons. The van der Waals surface area contributed by atoms with E-state index in [-0.39, 0.29) is 17.9 Å². The summed E-state index contributed by atoms with van der Waals surface area (Å²) in [6.45, 7) is 5.69. The van der Waals surface area contributed by atoms with Crippen molar-refractivity contribution in [3.05, 3.63) is 0 Å². The molecule has 0 aromatic carbocycles. The lowest BCUT2D eigenvalue weighted by molar-refractivity contribution is -0.129. The summed E-state index contributed by atoms with van der Waals surface area (Å²) in [6.07, 6.45) is 6.96. The van der Waals surface area contributed by atoms with Gasteiger partial charge in [0.2, 0.25) is 5.91 Å². The van der Waals surface area contributed by atoms with Crippen LogP contribution >= 0.6 is 0 Å². The molecule has 0 aliphatic carbocycles. The van der Waals surface area contributed by atoms with Gasteiger partial charge in [-0.1, -0.05) is 39.5 Å². The summed E-state index contributed by atoms with van der Waals surface area (Å²) in [5, 5.41) is 3.04. The Balaban J connectivity index is 2.15. The van der Waals surface area contributed by atoms with E-state index in [4.69, 9.17) is 4.74 Å². The van der Waals surface area contributed by atoms with Gasteiger partial charge in [-0.3, -0.25) is 4.79 Å². The third-order valence-corrected chi connectivity index (χ3v) is 3.25. The minimum absolute atomic E-state index is 0.206. The zero-order chi connectivity index (χ0) is 11.8. The summed E-state index contributed by atoms with van der Waals surface area (Å²) in [4.78, 5) is 11.9. The van der Waals surface area contributed by atoms with Crippen LogP contribution < -0.4 is 5.32 Å². The number of carbonyl (C=O) groups excluding carboxylic acids is 1. The summed E-state index contributed by atoms with van der Waals surface area (Å²) in [6, 6.07) is 0.275. The van der Waals surface area contributed by atoms with Crippen molar-refractivity contribution in [1.82, 2.24) is 5.32 Å². The molecular weight excluding hydrogens is 202 g/mol. The fraction of sp³-hybridized carbons (Fsp3) is 0.923. The molecule has 1 aliphatic rings. The fourth-order valence-corrected chi connectivity index (χ4v) is 1.98. The van der Waals surface area contributed by atoms with E-state index in [1.54, 1.807) is 0 Å². The molecule has 1 atom stereocenters. The monoisotopic (exact) mass is 227 g/mol. The Morgan fingerprint density at radius 2 is 2.06 bits per heavy atom. The predicted molar refractivity (Wildman–Crippen MR) is 65.3 cm³/mol. The van der Waals surface area contributed by atoms with Crippen LogP contribution in [0.4, 0.5) is 0 Å². The number of hydrogen-bond donors (Lipinski definition) is 1. The first kappa shape index (κ1) is 13.5. The average Bonchev–Trinajstić information content (AvgIpc) is 2.23. The maximum Gasteiger partial charge on any atom is 0.223 e. The van der Waals surface area contributed by atoms with Crippen LogP contribution in [-0.4, -0.2) is 25.2 Å². The van der Waals surface area contributed by atoms with Crippen LogP contribution in [0.25, 0.3) is 0 Å². The van der Waals surface area contributed by atoms with Crippen molar-refractivity contribution in [2.75, 3.05) is 13.2 Å². The van der Waals surface area contributed by atoms with Gasteiger partial charge in [0, 0.05) is 5.92 Å². The zero-order valence-electron chi connectivity index (χ0n) is 10.6. The second-order valence-corrected chi connectivity index (χ2v) is 4.70. The van der Waals surface area contributed by atoms with Gasteiger partial charge in [-0.2, -0.15) is 0 Å². The van der Waals surface area contributed by atoms with Crippen molar-refractivity contribution < 1.29 is 9.53 Å². The van der Waals surface area contributed by atoms with Gasteiger partial charge in [0.15, 0.2) is 0 Å². The number of nitrogens with one attached hydrogen (secondary N) is 1. The summed E-state index contributed by atoms with van der Waals surface area (Å²) in [7, 11) is 0. The number of ether oxygens (including phenoxy) is 1. The van der Waals surface area contributed by atoms with E-state index in [0.717, 1.165) is 12.8 Å². The molecule has 1 unspecified atom stereocenters. The highest BCUT2D eigenvalue weighted by Gasteiger charge is 2.24. The molecule has 3 heteroatoms. The Morgan fingerprint density at radius 3 is 2.56 bits per heavy atom. The molecule has 3 nitrogen and oxygen atoms in total. The quantitative estimate of drug-likeness (QED) is 0.647. The molecule has 94 valence electrons. The van der Waals surface area contributed by atoms with Gasteiger partial charge in [0.05, 0.1) is 19.3 Å². The number of rotatable bonds is 8. The molecule has 0 saturated carbocycles. The summed E-state index contributed by atoms with van der Waals surface area (Å²) >= 11 is 0. The summed E-state index contributed by atoms with van der Waals surface area (Å²) < 4.78 is 5.05. The Bertz CT molecular complexity index is 202. The number of unbranched alkanes of at least 4 members (excludes halogenated alkanes) is 3. The predicted octanol–water partition coefficient (Wildman–Crippen LogP) is 2.50. The van der Waals surface area contributed by atoms with Crippen LogP contribution in [0, 0.1) is 5.92 Å². The number of amides is 1. The molecule has 1 aliphatic heterocycles. The number of hydrogen-bond acceptors (Lipinski definition) is 2. The smallest absolute Gasteiger partial charge is 0.223 e. The van der Waals surface area contributed by atoms with E-state index in [1.807, 2.05) is 0 Å². The lowest BCUT2D eigenvalue weighted by atomic mass is 9.97. The molecule has 0 bridgehead atoms. The molecule has 0 aromatic rings. The van der Waals surface area contributed by atoms with Gasteiger partial charge < -0.3 is 10.1 Å². The van der Waals surface area contributed by atoms with Gasteiger partial charge in [-0.25, -0.2) is 0 Å². The van der Waals surface area contributed by atoms with Crippen molar-refractivity contribution in [3.8, 4) is 0 Å². The molecule has 1 fully saturated rings. The SMILES string of the molecule is CCCCCCC(CC)C(=O)NC1COC1. The van der Waals surface area contributed by atoms with Gasteiger partial charge in [-0.15, -0.1) is 0 Å². The van der Waals surface area contributed by atoms with Crippen molar-refractivity contribution >= 4 is 5.91 Å². The highest BCUT2D eigenvalue weighted by Crippen LogP contribution is 2.15. The Labute approximate surface area is 98.9 Å². The van der Waals surface area contributed by atoms with E-state index in [2.05, 4.69) is 19.2 Å². The average molecular weight is 227 g/mol. The topological polar surface area (TPSA) is 38.3 Å². The normalized spacial score (nSPS) is 17.9. The molecule has 0 aromatic heterocycles. The van der Waals surface area contributed by atoms with Gasteiger partial charge in [0.1, 0.15) is 0 Å². The minimum Gasteiger partial charge on any atom is -0.377 e. The van der Waals surface area contributed by atoms with Crippen molar-refractivity contribution in [2.45, 2.75) is 58.4 Å². The maximum absolute atomic E-state index is 11.9. The van der Waals surface area contributed by atoms with Crippen LogP contribution in [0.2, 0.25) is 0 Å². The Hall–Kier alpha value is -0.570. The minimum atomic E-state index is 0.206. The van der Waals surface area contributed by atoms with Crippen LogP contribution in [0.5, 0.6) is 0 Å². The van der Waals surface area contributed by atoms with Crippen LogP contribution in [0.1, 0.15) is 52.4 Å². The second kappa shape index (κ2) is 7.66. The van der Waals surface area contributed by atoms with E-state index in [0.29, 0.717) is 13.2 Å². The molecule has 1 heterocycles. The second-order valence-electron chi connectivity index (χ2n) is 4.70. The van der Waals surface area contributed by atoms with Gasteiger partial charge in [0.25, 0.3) is 0 Å². The van der Waals surface area contributed by atoms with E-state index >= 15 is 0 Å². The summed E-state index contributed by atoms with van der Waals surface area (Å²) in [5.74, 6) is 0.435. The Morgan fingerprint density at radius 1 is 1.31 bits per heavy atom. The maximum atomic E-state index is 11.9. The molecule has 16 heavy (non-hydrogen) atoms. The lowest BCUT2D eigenvalue weighted by Gasteiger charge is -2.28. The third-order valence-electron chi connectivity index (χ3n) is 3.25. The molecular formula is C13H25NO2. The molecule has 1 N–H and O–H groups in total. The molecule has 1 rings (SSSR count). The van der Waals surface area contributed by atoms with Gasteiger partial charge >= 0.3 is 0 Å². The van der Waals surface area contributed by atoms with Crippen molar-refractivity contribution in [1.29, 1.82) is 0 Å². The van der Waals surface area contributed by atoms with Gasteiger partial charge in [-0.05, 0) is 12.8 Å². The van der Waals surface area contributed by atoms with E-state index in [1.165, 1.54) is 25.7 Å². The van der Waals surface area contributed by atoms with E-state index in [9.17, 15) is 4.79 Å². The van der Waals surface area contributed by atoms with E-state index < -0.39 is 0 Å². The van der Waals surface area contributed by atoms with Crippen molar-refractivity contribution in [3.63, 3.8) is 0 Å². The number of carbonyl (C=O) groups is 1. The van der Waals surface area contributed by atoms with Crippen LogP contribution in [0.15, 0.2) is 0 Å². The highest BCUT2D eigenvalue weighted by atomic mass is 16.5. The third kappa shape index (κ3) is 4.52. The molecule has 1 amide bonds. The Kier molecular flexibility index (Phi) is 6.46. The standard InChI is InChI=1S/C13H25NO2/c1-3-5-6-7-8-11(4-2)13(15)14-12-9-16-10-12/h11-12H,3-10H2,1-2H3,(H,14,15). The first-order valence-corrected chi connectivity index (χ1v) is 6.66. The first-order valence-electron chi connectivity index (χ1n) is 6.66. The highest BCUT2D eigenvalue weighted by molar-refractivity contribution is 5.78. The summed E-state index contributed by atoms with van der Waals surface area (Å²) in [5.41, 5.74) is 0. The largest absolute Gasteiger partial charge is 0.377 e.